The molecule has 2 aromatic heterocycles. The number of hydrogen-bond acceptors (Lipinski definition) is 2. The molecular weight excluding hydrogens is 330 g/mol. The summed E-state index contributed by atoms with van der Waals surface area (Å²) in [4.78, 5) is 7.75. The summed E-state index contributed by atoms with van der Waals surface area (Å²) in [5.41, 5.74) is 7.74. The number of aromatic nitrogens is 2. The maximum Gasteiger partial charge on any atom is 0.137 e. The van der Waals surface area contributed by atoms with Crippen molar-refractivity contribution in [1.29, 1.82) is 0 Å². The summed E-state index contributed by atoms with van der Waals surface area (Å²) in [6.07, 6.45) is 2.18. The van der Waals surface area contributed by atoms with Gasteiger partial charge in [0, 0.05) is 17.3 Å². The topological polar surface area (TPSA) is 20.5 Å². The van der Waals surface area contributed by atoms with Crippen LogP contribution in [0, 0.1) is 12.3 Å². The quantitative estimate of drug-likeness (QED) is 0.509. The van der Waals surface area contributed by atoms with Gasteiger partial charge in [-0.1, -0.05) is 52.0 Å². The van der Waals surface area contributed by atoms with Gasteiger partial charge < -0.3 is 9.30 Å². The fourth-order valence-electron chi connectivity index (χ4n) is 5.86. The molecule has 3 nitrogen and oxygen atoms in total. The Morgan fingerprint density at radius 1 is 0.963 bits per heavy atom. The number of imidazole rings is 1. The smallest absolute Gasteiger partial charge is 0.137 e. The van der Waals surface area contributed by atoms with Crippen LogP contribution in [0.3, 0.4) is 0 Å². The molecule has 0 amide bonds. The molecule has 1 aromatic carbocycles. The molecule has 0 saturated heterocycles. The van der Waals surface area contributed by atoms with Crippen LogP contribution >= 0.6 is 0 Å². The third-order valence-corrected chi connectivity index (χ3v) is 8.21. The van der Waals surface area contributed by atoms with Crippen LogP contribution in [0.1, 0.15) is 70.1 Å². The van der Waals surface area contributed by atoms with Crippen LogP contribution in [0.25, 0.3) is 5.65 Å². The zero-order valence-electron chi connectivity index (χ0n) is 17.5. The molecule has 0 radical (unpaired) electrons. The predicted molar refractivity (Wildman–Crippen MR) is 111 cm³/mol. The first-order valence-corrected chi connectivity index (χ1v) is 10.0. The highest BCUT2D eigenvalue weighted by molar-refractivity contribution is 5.72. The first-order chi connectivity index (χ1) is 12.6. The second-order valence-electron chi connectivity index (χ2n) is 9.61. The van der Waals surface area contributed by atoms with Gasteiger partial charge in [-0.05, 0) is 49.4 Å². The van der Waals surface area contributed by atoms with Crippen LogP contribution in [0.2, 0.25) is 0 Å². The van der Waals surface area contributed by atoms with E-state index in [0.717, 1.165) is 5.65 Å². The molecule has 0 bridgehead atoms. The van der Waals surface area contributed by atoms with E-state index in [1.807, 2.05) is 0 Å². The van der Waals surface area contributed by atoms with Crippen LogP contribution in [-0.2, 0) is 11.0 Å². The number of benzene rings is 1. The van der Waals surface area contributed by atoms with Gasteiger partial charge in [0.2, 0.25) is 0 Å². The lowest BCUT2D eigenvalue weighted by Gasteiger charge is -2.62. The van der Waals surface area contributed by atoms with Gasteiger partial charge in [-0.2, -0.15) is 0 Å². The molecule has 2 aliphatic heterocycles. The number of rotatable bonds is 0. The summed E-state index contributed by atoms with van der Waals surface area (Å²) < 4.78 is 2.33. The fourth-order valence-corrected chi connectivity index (χ4v) is 5.86. The highest BCUT2D eigenvalue weighted by atomic mass is 15.3. The van der Waals surface area contributed by atoms with E-state index in [9.17, 15) is 0 Å². The van der Waals surface area contributed by atoms with Crippen molar-refractivity contribution in [2.45, 2.75) is 65.5 Å². The second-order valence-corrected chi connectivity index (χ2v) is 9.61. The lowest BCUT2D eigenvalue weighted by molar-refractivity contribution is 0.0619. The molecule has 0 saturated carbocycles. The van der Waals surface area contributed by atoms with E-state index < -0.39 is 0 Å². The van der Waals surface area contributed by atoms with Crippen molar-refractivity contribution in [3.8, 4) is 0 Å². The minimum Gasteiger partial charge on any atom is -0.351 e. The van der Waals surface area contributed by atoms with E-state index in [0.29, 0.717) is 0 Å². The molecule has 4 heterocycles. The molecule has 0 aliphatic carbocycles. The minimum atomic E-state index is -0.148. The third-order valence-electron chi connectivity index (χ3n) is 8.21. The molecule has 0 spiro atoms. The monoisotopic (exact) mass is 359 g/mol. The van der Waals surface area contributed by atoms with Gasteiger partial charge in [0.25, 0.3) is 0 Å². The van der Waals surface area contributed by atoms with Crippen molar-refractivity contribution in [3.63, 3.8) is 0 Å². The van der Waals surface area contributed by atoms with Gasteiger partial charge in [-0.25, -0.2) is 4.98 Å². The van der Waals surface area contributed by atoms with Gasteiger partial charge in [0.15, 0.2) is 0 Å². The predicted octanol–water partition coefficient (Wildman–Crippen LogP) is 5.76. The zero-order valence-corrected chi connectivity index (χ0v) is 17.5. The average Bonchev–Trinajstić information content (AvgIpc) is 3.10. The van der Waals surface area contributed by atoms with Crippen molar-refractivity contribution in [2.24, 2.45) is 5.41 Å². The zero-order chi connectivity index (χ0) is 19.4. The van der Waals surface area contributed by atoms with E-state index in [2.05, 4.69) is 100 Å². The summed E-state index contributed by atoms with van der Waals surface area (Å²) in [7, 11) is 0. The number of nitrogens with zero attached hydrogens (tertiary/aromatic N) is 3. The molecule has 2 aliphatic rings. The van der Waals surface area contributed by atoms with Gasteiger partial charge >= 0.3 is 0 Å². The average molecular weight is 360 g/mol. The normalized spacial score (nSPS) is 27.4. The number of para-hydroxylation sites is 1. The molecule has 5 rings (SSSR count). The number of fused-ring (bicyclic) bond motifs is 7. The Labute approximate surface area is 162 Å². The highest BCUT2D eigenvalue weighted by Gasteiger charge is 2.65. The first kappa shape index (κ1) is 16.9. The molecule has 1 unspecified atom stereocenters. The number of anilines is 1. The Hall–Kier alpha value is -2.29. The van der Waals surface area contributed by atoms with Crippen LogP contribution in [0.15, 0.2) is 42.6 Å². The minimum absolute atomic E-state index is 0.00606. The Kier molecular flexibility index (Phi) is 2.97. The Morgan fingerprint density at radius 2 is 1.70 bits per heavy atom. The van der Waals surface area contributed by atoms with E-state index >= 15 is 0 Å². The van der Waals surface area contributed by atoms with Crippen molar-refractivity contribution >= 4 is 11.3 Å². The molecular formula is C24H29N3. The standard InChI is InChI=1S/C24H29N3/c1-15-11-10-12-17-20(15)27-16(2)19-21(26-14-9-8-13-18(26)25-19)24(27,7)23(5,6)22(17,3)4/h8-14,16H,1-7H3/t16-,24?/m0/s1. The molecule has 2 atom stereocenters. The molecule has 3 aromatic rings. The van der Waals surface area contributed by atoms with Gasteiger partial charge in [-0.3, -0.25) is 0 Å². The third kappa shape index (κ3) is 1.63. The first-order valence-electron chi connectivity index (χ1n) is 10.0. The Balaban J connectivity index is 1.95. The van der Waals surface area contributed by atoms with Crippen molar-refractivity contribution in [3.05, 3.63) is 65.1 Å². The van der Waals surface area contributed by atoms with E-state index in [1.165, 1.54) is 28.2 Å². The van der Waals surface area contributed by atoms with Crippen LogP contribution in [0.5, 0.6) is 0 Å². The van der Waals surface area contributed by atoms with E-state index in [1.54, 1.807) is 0 Å². The molecule has 3 heteroatoms. The Morgan fingerprint density at radius 3 is 2.44 bits per heavy atom. The molecule has 140 valence electrons. The van der Waals surface area contributed by atoms with Crippen LogP contribution in [0.4, 0.5) is 5.69 Å². The number of hydrogen-bond donors (Lipinski definition) is 0. The second kappa shape index (κ2) is 4.76. The lowest BCUT2D eigenvalue weighted by atomic mass is 9.52. The maximum atomic E-state index is 5.08. The van der Waals surface area contributed by atoms with Crippen molar-refractivity contribution in [2.75, 3.05) is 4.90 Å². The van der Waals surface area contributed by atoms with Gasteiger partial charge in [0.1, 0.15) is 5.65 Å². The van der Waals surface area contributed by atoms with Crippen LogP contribution < -0.4 is 4.90 Å². The fraction of sp³-hybridized carbons (Fsp3) is 0.458. The number of aryl methyl sites for hydroxylation is 1. The summed E-state index contributed by atoms with van der Waals surface area (Å²) in [5, 5.41) is 0. The number of pyridine rings is 1. The van der Waals surface area contributed by atoms with Crippen molar-refractivity contribution < 1.29 is 0 Å². The van der Waals surface area contributed by atoms with Crippen molar-refractivity contribution in [1.82, 2.24) is 9.38 Å². The summed E-state index contributed by atoms with van der Waals surface area (Å²) in [5.74, 6) is 0. The summed E-state index contributed by atoms with van der Waals surface area (Å²) in [6.45, 7) is 16.7. The maximum absolute atomic E-state index is 5.08. The van der Waals surface area contributed by atoms with Crippen LogP contribution in [-0.4, -0.2) is 9.38 Å². The lowest BCUT2D eigenvalue weighted by Crippen LogP contribution is -2.62. The van der Waals surface area contributed by atoms with E-state index in [4.69, 9.17) is 4.98 Å². The van der Waals surface area contributed by atoms with Gasteiger partial charge in [-0.15, -0.1) is 0 Å². The SMILES string of the molecule is Cc1cccc2c1N1[C@@H](C)c3nc4ccccn4c3C1(C)C(C)(C)C2(C)C. The summed E-state index contributed by atoms with van der Waals surface area (Å²) in [6, 6.07) is 13.4. The van der Waals surface area contributed by atoms with E-state index in [-0.39, 0.29) is 22.4 Å². The molecule has 27 heavy (non-hydrogen) atoms. The molecule has 0 fully saturated rings. The summed E-state index contributed by atoms with van der Waals surface area (Å²) >= 11 is 0. The Bertz CT molecular complexity index is 1090. The highest BCUT2D eigenvalue weighted by Crippen LogP contribution is 2.67. The largest absolute Gasteiger partial charge is 0.351 e. The molecule has 0 N–H and O–H groups in total. The van der Waals surface area contributed by atoms with Gasteiger partial charge in [0.05, 0.1) is 23.0 Å².